The standard InChI is InChI=1S/C10H19NO2/c1-2-10(12)13-8-6-9-5-3-4-7-11-9/h9,11H,2-8H2,1H3/t9-/m0/s1. The number of piperidine rings is 1. The zero-order valence-corrected chi connectivity index (χ0v) is 8.34. The van der Waals surface area contributed by atoms with E-state index in [0.29, 0.717) is 19.1 Å². The van der Waals surface area contributed by atoms with Gasteiger partial charge in [-0.15, -0.1) is 0 Å². The second-order valence-corrected chi connectivity index (χ2v) is 3.51. The Labute approximate surface area is 79.8 Å². The maximum Gasteiger partial charge on any atom is 0.305 e. The summed E-state index contributed by atoms with van der Waals surface area (Å²) in [6.45, 7) is 3.51. The average molecular weight is 185 g/mol. The average Bonchev–Trinajstić information content (AvgIpc) is 2.19. The van der Waals surface area contributed by atoms with Gasteiger partial charge in [0.1, 0.15) is 0 Å². The van der Waals surface area contributed by atoms with Crippen molar-refractivity contribution < 1.29 is 9.53 Å². The summed E-state index contributed by atoms with van der Waals surface area (Å²) in [6, 6.07) is 0.568. The molecule has 1 atom stereocenters. The molecule has 0 aromatic heterocycles. The number of rotatable bonds is 4. The molecule has 0 spiro atoms. The van der Waals surface area contributed by atoms with Crippen molar-refractivity contribution in [2.75, 3.05) is 13.2 Å². The van der Waals surface area contributed by atoms with Crippen molar-refractivity contribution >= 4 is 5.97 Å². The Morgan fingerprint density at radius 3 is 3.00 bits per heavy atom. The molecule has 0 saturated carbocycles. The Balaban J connectivity index is 2.01. The van der Waals surface area contributed by atoms with Crippen LogP contribution in [0.4, 0.5) is 0 Å². The van der Waals surface area contributed by atoms with Gasteiger partial charge in [0.2, 0.25) is 0 Å². The number of esters is 1. The number of ether oxygens (including phenoxy) is 1. The molecular formula is C10H19NO2. The first-order chi connectivity index (χ1) is 6.33. The molecule has 1 aliphatic heterocycles. The van der Waals surface area contributed by atoms with E-state index in [1.165, 1.54) is 19.3 Å². The van der Waals surface area contributed by atoms with Crippen LogP contribution in [0.3, 0.4) is 0 Å². The lowest BCUT2D eigenvalue weighted by Crippen LogP contribution is -2.34. The summed E-state index contributed by atoms with van der Waals surface area (Å²) in [5, 5.41) is 3.42. The van der Waals surface area contributed by atoms with Gasteiger partial charge < -0.3 is 10.1 Å². The Hall–Kier alpha value is -0.570. The fourth-order valence-corrected chi connectivity index (χ4v) is 1.59. The zero-order chi connectivity index (χ0) is 9.52. The van der Waals surface area contributed by atoms with Crippen molar-refractivity contribution in [3.8, 4) is 0 Å². The van der Waals surface area contributed by atoms with E-state index in [2.05, 4.69) is 5.32 Å². The molecule has 3 nitrogen and oxygen atoms in total. The van der Waals surface area contributed by atoms with Gasteiger partial charge in [0.25, 0.3) is 0 Å². The number of carbonyl (C=O) groups is 1. The fraction of sp³-hybridized carbons (Fsp3) is 0.900. The first-order valence-corrected chi connectivity index (χ1v) is 5.22. The van der Waals surface area contributed by atoms with Gasteiger partial charge in [-0.2, -0.15) is 0 Å². The summed E-state index contributed by atoms with van der Waals surface area (Å²) in [7, 11) is 0. The molecule has 0 bridgehead atoms. The highest BCUT2D eigenvalue weighted by Crippen LogP contribution is 2.09. The summed E-state index contributed by atoms with van der Waals surface area (Å²) in [5.74, 6) is -0.0872. The van der Waals surface area contributed by atoms with Crippen LogP contribution in [0.2, 0.25) is 0 Å². The van der Waals surface area contributed by atoms with Crippen molar-refractivity contribution in [3.63, 3.8) is 0 Å². The van der Waals surface area contributed by atoms with Crippen LogP contribution in [0.1, 0.15) is 39.0 Å². The fourth-order valence-electron chi connectivity index (χ4n) is 1.59. The zero-order valence-electron chi connectivity index (χ0n) is 8.34. The van der Waals surface area contributed by atoms with Crippen LogP contribution in [0.5, 0.6) is 0 Å². The molecule has 1 rings (SSSR count). The van der Waals surface area contributed by atoms with E-state index < -0.39 is 0 Å². The molecule has 0 aromatic carbocycles. The van der Waals surface area contributed by atoms with E-state index in [9.17, 15) is 4.79 Å². The molecule has 1 saturated heterocycles. The highest BCUT2D eigenvalue weighted by atomic mass is 16.5. The molecule has 1 N–H and O–H groups in total. The van der Waals surface area contributed by atoms with Crippen molar-refractivity contribution in [3.05, 3.63) is 0 Å². The second kappa shape index (κ2) is 5.97. The molecule has 3 heteroatoms. The summed E-state index contributed by atoms with van der Waals surface area (Å²) >= 11 is 0. The minimum absolute atomic E-state index is 0.0872. The molecule has 0 radical (unpaired) electrons. The smallest absolute Gasteiger partial charge is 0.305 e. The lowest BCUT2D eigenvalue weighted by molar-refractivity contribution is -0.143. The van der Waals surface area contributed by atoms with Crippen LogP contribution in [0.25, 0.3) is 0 Å². The number of carbonyl (C=O) groups excluding carboxylic acids is 1. The SMILES string of the molecule is CCC(=O)OCC[C@@H]1CCCCN1. The van der Waals surface area contributed by atoms with Crippen molar-refractivity contribution in [1.82, 2.24) is 5.32 Å². The molecule has 0 aliphatic carbocycles. The predicted molar refractivity (Wildman–Crippen MR) is 51.5 cm³/mol. The summed E-state index contributed by atoms with van der Waals surface area (Å²) < 4.78 is 5.01. The molecule has 0 unspecified atom stereocenters. The van der Waals surface area contributed by atoms with Gasteiger partial charge >= 0.3 is 5.97 Å². The Morgan fingerprint density at radius 1 is 1.54 bits per heavy atom. The van der Waals surface area contributed by atoms with E-state index in [1.54, 1.807) is 0 Å². The molecule has 0 amide bonds. The second-order valence-electron chi connectivity index (χ2n) is 3.51. The van der Waals surface area contributed by atoms with Crippen molar-refractivity contribution in [1.29, 1.82) is 0 Å². The maximum absolute atomic E-state index is 10.8. The number of nitrogens with one attached hydrogen (secondary N) is 1. The van der Waals surface area contributed by atoms with Crippen molar-refractivity contribution in [2.24, 2.45) is 0 Å². The molecule has 1 aliphatic rings. The molecule has 76 valence electrons. The highest BCUT2D eigenvalue weighted by Gasteiger charge is 2.12. The monoisotopic (exact) mass is 185 g/mol. The van der Waals surface area contributed by atoms with Crippen LogP contribution in [0.15, 0.2) is 0 Å². The minimum atomic E-state index is -0.0872. The third-order valence-electron chi connectivity index (χ3n) is 2.43. The van der Waals surface area contributed by atoms with Crippen LogP contribution >= 0.6 is 0 Å². The van der Waals surface area contributed by atoms with Crippen LogP contribution in [0, 0.1) is 0 Å². The molecule has 1 fully saturated rings. The lowest BCUT2D eigenvalue weighted by Gasteiger charge is -2.22. The van der Waals surface area contributed by atoms with Crippen LogP contribution in [-0.2, 0) is 9.53 Å². The van der Waals surface area contributed by atoms with Gasteiger partial charge in [-0.1, -0.05) is 13.3 Å². The normalized spacial score (nSPS) is 22.7. The number of hydrogen-bond acceptors (Lipinski definition) is 3. The van der Waals surface area contributed by atoms with E-state index in [0.717, 1.165) is 13.0 Å². The Morgan fingerprint density at radius 2 is 2.38 bits per heavy atom. The van der Waals surface area contributed by atoms with Gasteiger partial charge in [-0.05, 0) is 25.8 Å². The third-order valence-corrected chi connectivity index (χ3v) is 2.43. The first kappa shape index (κ1) is 10.5. The summed E-state index contributed by atoms with van der Waals surface area (Å²) in [4.78, 5) is 10.8. The van der Waals surface area contributed by atoms with E-state index in [1.807, 2.05) is 6.92 Å². The molecule has 0 aromatic rings. The van der Waals surface area contributed by atoms with E-state index >= 15 is 0 Å². The van der Waals surface area contributed by atoms with Crippen molar-refractivity contribution in [2.45, 2.75) is 45.1 Å². The van der Waals surface area contributed by atoms with Crippen LogP contribution < -0.4 is 5.32 Å². The maximum atomic E-state index is 10.8. The van der Waals surface area contributed by atoms with Gasteiger partial charge in [-0.3, -0.25) is 4.79 Å². The minimum Gasteiger partial charge on any atom is -0.466 e. The Kier molecular flexibility index (Phi) is 4.83. The van der Waals surface area contributed by atoms with Crippen LogP contribution in [-0.4, -0.2) is 25.2 Å². The molecule has 13 heavy (non-hydrogen) atoms. The molecular weight excluding hydrogens is 166 g/mol. The quantitative estimate of drug-likeness (QED) is 0.674. The highest BCUT2D eigenvalue weighted by molar-refractivity contribution is 5.68. The largest absolute Gasteiger partial charge is 0.466 e. The predicted octanol–water partition coefficient (Wildman–Crippen LogP) is 1.47. The number of hydrogen-bond donors (Lipinski definition) is 1. The van der Waals surface area contributed by atoms with Gasteiger partial charge in [0.05, 0.1) is 6.61 Å². The lowest BCUT2D eigenvalue weighted by atomic mass is 10.0. The summed E-state index contributed by atoms with van der Waals surface area (Å²) in [6.07, 6.45) is 5.26. The topological polar surface area (TPSA) is 38.3 Å². The third kappa shape index (κ3) is 4.27. The first-order valence-electron chi connectivity index (χ1n) is 5.22. The summed E-state index contributed by atoms with van der Waals surface area (Å²) in [5.41, 5.74) is 0. The van der Waals surface area contributed by atoms with Gasteiger partial charge in [0.15, 0.2) is 0 Å². The van der Waals surface area contributed by atoms with E-state index in [4.69, 9.17) is 4.74 Å². The Bertz CT molecular complexity index is 153. The molecule has 1 heterocycles. The van der Waals surface area contributed by atoms with Gasteiger partial charge in [-0.25, -0.2) is 0 Å². The van der Waals surface area contributed by atoms with Gasteiger partial charge in [0, 0.05) is 12.5 Å². The van der Waals surface area contributed by atoms with E-state index in [-0.39, 0.29) is 5.97 Å².